The molecule has 0 spiro atoms. The maximum absolute atomic E-state index is 5.50. The minimum Gasteiger partial charge on any atom is -0.330 e. The number of rotatable bonds is 9. The molecule has 0 fully saturated rings. The molecular weight excluding hydrogens is 181 g/mol. The Morgan fingerprint density at radius 1 is 0.615 bits per heavy atom. The zero-order valence-corrected chi connectivity index (χ0v) is 9.44. The Morgan fingerprint density at radius 3 is 1.15 bits per heavy atom. The summed E-state index contributed by atoms with van der Waals surface area (Å²) in [5.41, 5.74) is 16.5. The lowest BCUT2D eigenvalue weighted by Crippen LogP contribution is -2.08. The van der Waals surface area contributed by atoms with E-state index in [9.17, 15) is 0 Å². The van der Waals surface area contributed by atoms with Crippen LogP contribution in [0.2, 0.25) is 0 Å². The third kappa shape index (κ3) is 8.63. The van der Waals surface area contributed by atoms with Gasteiger partial charge in [-0.3, -0.25) is 0 Å². The van der Waals surface area contributed by atoms with Gasteiger partial charge in [0.05, 0.1) is 0 Å². The molecule has 0 saturated carbocycles. The zero-order chi connectivity index (χ0) is 9.94. The fourth-order valence-corrected chi connectivity index (χ4v) is 3.84. The Balaban J connectivity index is 3.47. The molecule has 80 valence electrons. The molecule has 0 aliphatic heterocycles. The highest BCUT2D eigenvalue weighted by Crippen LogP contribution is 2.36. The molecule has 0 amide bonds. The van der Waals surface area contributed by atoms with Crippen molar-refractivity contribution >= 4 is 7.92 Å². The molecule has 0 radical (unpaired) electrons. The van der Waals surface area contributed by atoms with Crippen molar-refractivity contribution in [2.45, 2.75) is 19.3 Å². The van der Waals surface area contributed by atoms with Gasteiger partial charge in [0.15, 0.2) is 0 Å². The van der Waals surface area contributed by atoms with Crippen molar-refractivity contribution in [2.75, 3.05) is 38.1 Å². The minimum absolute atomic E-state index is 0.182. The van der Waals surface area contributed by atoms with E-state index in [-0.39, 0.29) is 7.92 Å². The first kappa shape index (κ1) is 13.3. The molecule has 0 aromatic rings. The fraction of sp³-hybridized carbons (Fsp3) is 1.00. The van der Waals surface area contributed by atoms with E-state index < -0.39 is 0 Å². The van der Waals surface area contributed by atoms with E-state index in [0.29, 0.717) is 0 Å². The van der Waals surface area contributed by atoms with Gasteiger partial charge < -0.3 is 17.2 Å². The van der Waals surface area contributed by atoms with Crippen LogP contribution >= 0.6 is 7.92 Å². The summed E-state index contributed by atoms with van der Waals surface area (Å²) in [6.07, 6.45) is 7.44. The Labute approximate surface area is 83.2 Å². The molecule has 13 heavy (non-hydrogen) atoms. The average molecular weight is 205 g/mol. The summed E-state index contributed by atoms with van der Waals surface area (Å²) in [4.78, 5) is 0. The van der Waals surface area contributed by atoms with Crippen molar-refractivity contribution in [3.8, 4) is 0 Å². The van der Waals surface area contributed by atoms with Crippen LogP contribution in [0.1, 0.15) is 19.3 Å². The first-order chi connectivity index (χ1) is 6.35. The smallest absolute Gasteiger partial charge is 0.00739 e. The zero-order valence-electron chi connectivity index (χ0n) is 8.54. The van der Waals surface area contributed by atoms with Gasteiger partial charge in [0.1, 0.15) is 0 Å². The lowest BCUT2D eigenvalue weighted by atomic mass is 10.5. The first-order valence-corrected chi connectivity index (χ1v) is 7.07. The third-order valence-corrected chi connectivity index (χ3v) is 4.88. The van der Waals surface area contributed by atoms with Gasteiger partial charge in [0.2, 0.25) is 0 Å². The minimum atomic E-state index is 0.182. The van der Waals surface area contributed by atoms with Gasteiger partial charge in [-0.2, -0.15) is 0 Å². The maximum atomic E-state index is 5.50. The van der Waals surface area contributed by atoms with E-state index in [1.807, 2.05) is 0 Å². The fourth-order valence-electron chi connectivity index (χ4n) is 1.28. The van der Waals surface area contributed by atoms with Crippen LogP contribution in [-0.2, 0) is 0 Å². The van der Waals surface area contributed by atoms with E-state index in [1.165, 1.54) is 37.7 Å². The normalized spacial score (nSPS) is 11.1. The second-order valence-corrected chi connectivity index (χ2v) is 5.95. The SMILES string of the molecule is NCCCP(CCCN)CCCN. The summed E-state index contributed by atoms with van der Waals surface area (Å²) in [7, 11) is 0.182. The van der Waals surface area contributed by atoms with E-state index in [2.05, 4.69) is 0 Å². The van der Waals surface area contributed by atoms with E-state index in [4.69, 9.17) is 17.2 Å². The second kappa shape index (κ2) is 10.4. The highest BCUT2D eigenvalue weighted by Gasteiger charge is 2.05. The molecule has 0 aromatic heterocycles. The molecule has 0 aliphatic carbocycles. The molecule has 0 unspecified atom stereocenters. The van der Waals surface area contributed by atoms with Gasteiger partial charge >= 0.3 is 0 Å². The van der Waals surface area contributed by atoms with Crippen LogP contribution in [0.15, 0.2) is 0 Å². The third-order valence-electron chi connectivity index (χ3n) is 2.04. The molecule has 4 heteroatoms. The van der Waals surface area contributed by atoms with Crippen LogP contribution in [0.25, 0.3) is 0 Å². The highest BCUT2D eigenvalue weighted by atomic mass is 31.1. The predicted octanol–water partition coefficient (Wildman–Crippen LogP) is 0.515. The molecule has 0 rings (SSSR count). The van der Waals surface area contributed by atoms with Gasteiger partial charge in [-0.25, -0.2) is 0 Å². The van der Waals surface area contributed by atoms with Crippen LogP contribution in [0.4, 0.5) is 0 Å². The van der Waals surface area contributed by atoms with E-state index >= 15 is 0 Å². The number of hydrogen-bond donors (Lipinski definition) is 3. The van der Waals surface area contributed by atoms with E-state index in [1.54, 1.807) is 0 Å². The first-order valence-electron chi connectivity index (χ1n) is 5.17. The Hall–Kier alpha value is 0.310. The molecule has 0 atom stereocenters. The van der Waals surface area contributed by atoms with Crippen LogP contribution in [0.5, 0.6) is 0 Å². The molecule has 0 saturated heterocycles. The monoisotopic (exact) mass is 205 g/mol. The molecule has 0 heterocycles. The van der Waals surface area contributed by atoms with Crippen LogP contribution in [-0.4, -0.2) is 38.1 Å². The molecule has 6 N–H and O–H groups in total. The highest BCUT2D eigenvalue weighted by molar-refractivity contribution is 7.57. The van der Waals surface area contributed by atoms with Crippen molar-refractivity contribution in [1.82, 2.24) is 0 Å². The molecule has 0 bridgehead atoms. The predicted molar refractivity (Wildman–Crippen MR) is 62.5 cm³/mol. The molecule has 0 aromatic carbocycles. The van der Waals surface area contributed by atoms with Gasteiger partial charge in [-0.15, -0.1) is 7.92 Å². The van der Waals surface area contributed by atoms with Crippen LogP contribution in [0.3, 0.4) is 0 Å². The van der Waals surface area contributed by atoms with Crippen molar-refractivity contribution in [1.29, 1.82) is 0 Å². The summed E-state index contributed by atoms with van der Waals surface area (Å²) in [5, 5.41) is 0. The average Bonchev–Trinajstić information content (AvgIpc) is 2.17. The van der Waals surface area contributed by atoms with Gasteiger partial charge in [0, 0.05) is 0 Å². The number of hydrogen-bond acceptors (Lipinski definition) is 3. The maximum Gasteiger partial charge on any atom is -0.00739 e. The van der Waals surface area contributed by atoms with Crippen molar-refractivity contribution < 1.29 is 0 Å². The lowest BCUT2D eigenvalue weighted by Gasteiger charge is -2.16. The topological polar surface area (TPSA) is 78.1 Å². The Morgan fingerprint density at radius 2 is 0.923 bits per heavy atom. The molecule has 0 aliphatic rings. The second-order valence-electron chi connectivity index (χ2n) is 3.27. The van der Waals surface area contributed by atoms with Crippen LogP contribution < -0.4 is 17.2 Å². The summed E-state index contributed by atoms with van der Waals surface area (Å²) in [5.74, 6) is 0. The summed E-state index contributed by atoms with van der Waals surface area (Å²) >= 11 is 0. The summed E-state index contributed by atoms with van der Waals surface area (Å²) in [6, 6.07) is 0. The molecule has 3 nitrogen and oxygen atoms in total. The largest absolute Gasteiger partial charge is 0.330 e. The van der Waals surface area contributed by atoms with Gasteiger partial charge in [-0.05, 0) is 57.4 Å². The van der Waals surface area contributed by atoms with Crippen LogP contribution in [0, 0.1) is 0 Å². The van der Waals surface area contributed by atoms with Crippen molar-refractivity contribution in [3.63, 3.8) is 0 Å². The van der Waals surface area contributed by atoms with Gasteiger partial charge in [0.25, 0.3) is 0 Å². The summed E-state index contributed by atoms with van der Waals surface area (Å²) < 4.78 is 0. The van der Waals surface area contributed by atoms with Crippen molar-refractivity contribution in [2.24, 2.45) is 17.2 Å². The quantitative estimate of drug-likeness (QED) is 0.480. The lowest BCUT2D eigenvalue weighted by molar-refractivity contribution is 0.890. The van der Waals surface area contributed by atoms with Gasteiger partial charge in [-0.1, -0.05) is 0 Å². The molecular formula is C9H24N3P. The number of nitrogens with two attached hydrogens (primary N) is 3. The standard InChI is InChI=1S/C9H24N3P/c10-4-1-7-13(8-2-5-11)9-3-6-12/h1-12H2. The van der Waals surface area contributed by atoms with Crippen molar-refractivity contribution in [3.05, 3.63) is 0 Å². The summed E-state index contributed by atoms with van der Waals surface area (Å²) in [6.45, 7) is 2.47. The van der Waals surface area contributed by atoms with E-state index in [0.717, 1.165) is 19.6 Å². The Kier molecular flexibility index (Phi) is 10.6. The Bertz CT molecular complexity index is 81.8.